The van der Waals surface area contributed by atoms with Crippen LogP contribution in [0, 0.1) is 11.7 Å². The monoisotopic (exact) mass is 371 g/mol. The predicted octanol–water partition coefficient (Wildman–Crippen LogP) is 3.55. The quantitative estimate of drug-likeness (QED) is 0.787. The highest BCUT2D eigenvalue weighted by Gasteiger charge is 2.33. The van der Waals surface area contributed by atoms with Crippen molar-refractivity contribution in [1.29, 1.82) is 0 Å². The zero-order valence-electron chi connectivity index (χ0n) is 15.1. The van der Waals surface area contributed by atoms with Crippen molar-refractivity contribution in [2.45, 2.75) is 18.9 Å². The number of ether oxygens (including phenoxy) is 1. The fraction of sp³-hybridized carbons (Fsp3) is 0.333. The van der Waals surface area contributed by atoms with Gasteiger partial charge < -0.3 is 9.84 Å². The van der Waals surface area contributed by atoms with E-state index in [2.05, 4.69) is 0 Å². The predicted molar refractivity (Wildman–Crippen MR) is 98.4 cm³/mol. The van der Waals surface area contributed by atoms with Crippen molar-refractivity contribution in [3.8, 4) is 5.75 Å². The number of carboxylic acid groups (broad SMARTS) is 1. The number of halogens is 1. The molecule has 0 amide bonds. The largest absolute Gasteiger partial charge is 0.497 e. The van der Waals surface area contributed by atoms with Crippen LogP contribution in [-0.4, -0.2) is 42.0 Å². The van der Waals surface area contributed by atoms with E-state index in [-0.39, 0.29) is 11.7 Å². The SMILES string of the molecule is COc1ccc(C(=O)C2CCN(C(C(=O)O)c3ccc(F)cc3)CC2)cc1. The number of Topliss-reactive ketones (excluding diaryl/α,β-unsaturated/α-hetero) is 1. The minimum atomic E-state index is -0.971. The highest BCUT2D eigenvalue weighted by Crippen LogP contribution is 2.29. The van der Waals surface area contributed by atoms with Gasteiger partial charge in [0, 0.05) is 11.5 Å². The first kappa shape index (κ1) is 19.0. The molecule has 0 aromatic heterocycles. The molecular formula is C21H22FNO4. The third-order valence-electron chi connectivity index (χ3n) is 5.06. The van der Waals surface area contributed by atoms with Crippen LogP contribution in [0.1, 0.15) is 34.8 Å². The molecule has 27 heavy (non-hydrogen) atoms. The van der Waals surface area contributed by atoms with Gasteiger partial charge in [-0.05, 0) is 67.9 Å². The number of benzene rings is 2. The molecule has 2 aromatic rings. The number of carbonyl (C=O) groups is 2. The number of aliphatic carboxylic acids is 1. The number of rotatable bonds is 6. The maximum Gasteiger partial charge on any atom is 0.325 e. The van der Waals surface area contributed by atoms with E-state index in [1.807, 2.05) is 4.90 Å². The van der Waals surface area contributed by atoms with Crippen molar-refractivity contribution < 1.29 is 23.8 Å². The minimum absolute atomic E-state index is 0.0750. The summed E-state index contributed by atoms with van der Waals surface area (Å²) < 4.78 is 18.2. The number of hydrogen-bond acceptors (Lipinski definition) is 4. The molecule has 1 heterocycles. The molecule has 1 aliphatic rings. The van der Waals surface area contributed by atoms with E-state index in [0.29, 0.717) is 42.8 Å². The molecular weight excluding hydrogens is 349 g/mol. The first-order valence-corrected chi connectivity index (χ1v) is 8.90. The van der Waals surface area contributed by atoms with Crippen LogP contribution in [0.2, 0.25) is 0 Å². The summed E-state index contributed by atoms with van der Waals surface area (Å²) in [6, 6.07) is 11.7. The average Bonchev–Trinajstić information content (AvgIpc) is 2.69. The highest BCUT2D eigenvalue weighted by atomic mass is 19.1. The smallest absolute Gasteiger partial charge is 0.325 e. The Balaban J connectivity index is 1.66. The Hall–Kier alpha value is -2.73. The Morgan fingerprint density at radius 1 is 1.07 bits per heavy atom. The topological polar surface area (TPSA) is 66.8 Å². The van der Waals surface area contributed by atoms with Gasteiger partial charge in [0.05, 0.1) is 7.11 Å². The third-order valence-corrected chi connectivity index (χ3v) is 5.06. The fourth-order valence-corrected chi connectivity index (χ4v) is 3.57. The number of hydrogen-bond donors (Lipinski definition) is 1. The van der Waals surface area contributed by atoms with Gasteiger partial charge in [-0.2, -0.15) is 0 Å². The number of likely N-dealkylation sites (tertiary alicyclic amines) is 1. The zero-order valence-corrected chi connectivity index (χ0v) is 15.1. The van der Waals surface area contributed by atoms with Crippen LogP contribution in [0.4, 0.5) is 4.39 Å². The molecule has 5 nitrogen and oxygen atoms in total. The van der Waals surface area contributed by atoms with Gasteiger partial charge in [-0.25, -0.2) is 4.39 Å². The molecule has 1 N–H and O–H groups in total. The molecule has 0 saturated carbocycles. The number of methoxy groups -OCH3 is 1. The molecule has 0 bridgehead atoms. The molecule has 1 saturated heterocycles. The summed E-state index contributed by atoms with van der Waals surface area (Å²) in [7, 11) is 1.58. The lowest BCUT2D eigenvalue weighted by molar-refractivity contribution is -0.144. The second kappa shape index (κ2) is 8.31. The summed E-state index contributed by atoms with van der Waals surface area (Å²) in [6.07, 6.45) is 1.19. The van der Waals surface area contributed by atoms with Gasteiger partial charge in [0.15, 0.2) is 5.78 Å². The van der Waals surface area contributed by atoms with E-state index in [1.54, 1.807) is 31.4 Å². The Morgan fingerprint density at radius 2 is 1.67 bits per heavy atom. The number of nitrogens with zero attached hydrogens (tertiary/aromatic N) is 1. The minimum Gasteiger partial charge on any atom is -0.497 e. The lowest BCUT2D eigenvalue weighted by Crippen LogP contribution is -2.41. The molecule has 1 fully saturated rings. The molecule has 0 radical (unpaired) electrons. The molecule has 1 atom stereocenters. The van der Waals surface area contributed by atoms with Crippen LogP contribution in [-0.2, 0) is 4.79 Å². The maximum atomic E-state index is 13.1. The molecule has 0 aliphatic carbocycles. The maximum absolute atomic E-state index is 13.1. The van der Waals surface area contributed by atoms with Crippen LogP contribution in [0.15, 0.2) is 48.5 Å². The summed E-state index contributed by atoms with van der Waals surface area (Å²) in [5.74, 6) is -0.721. The Bertz CT molecular complexity index is 796. The van der Waals surface area contributed by atoms with E-state index in [4.69, 9.17) is 4.74 Å². The standard InChI is InChI=1S/C21H22FNO4/c1-27-18-8-4-15(5-9-18)20(24)16-10-12-23(13-11-16)19(21(25)26)14-2-6-17(22)7-3-14/h2-9,16,19H,10-13H2,1H3,(H,25,26). The summed E-state index contributed by atoms with van der Waals surface area (Å²) in [4.78, 5) is 26.3. The van der Waals surface area contributed by atoms with Gasteiger partial charge in [0.1, 0.15) is 17.6 Å². The van der Waals surface area contributed by atoms with Gasteiger partial charge >= 0.3 is 5.97 Å². The Labute approximate surface area is 157 Å². The van der Waals surface area contributed by atoms with Gasteiger partial charge in [-0.15, -0.1) is 0 Å². The van der Waals surface area contributed by atoms with Crippen molar-refractivity contribution in [1.82, 2.24) is 4.90 Å². The lowest BCUT2D eigenvalue weighted by atomic mass is 9.88. The first-order valence-electron chi connectivity index (χ1n) is 8.90. The van der Waals surface area contributed by atoms with Crippen LogP contribution in [0.3, 0.4) is 0 Å². The second-order valence-corrected chi connectivity index (χ2v) is 6.70. The summed E-state index contributed by atoms with van der Waals surface area (Å²) >= 11 is 0. The van der Waals surface area contributed by atoms with Crippen molar-refractivity contribution >= 4 is 11.8 Å². The second-order valence-electron chi connectivity index (χ2n) is 6.70. The first-order chi connectivity index (χ1) is 13.0. The number of ketones is 1. The van der Waals surface area contributed by atoms with Gasteiger partial charge in [0.2, 0.25) is 0 Å². The molecule has 1 aliphatic heterocycles. The Kier molecular flexibility index (Phi) is 5.86. The van der Waals surface area contributed by atoms with E-state index in [9.17, 15) is 19.1 Å². The van der Waals surface area contributed by atoms with E-state index < -0.39 is 17.8 Å². The lowest BCUT2D eigenvalue weighted by Gasteiger charge is -2.35. The van der Waals surface area contributed by atoms with Gasteiger partial charge in [0.25, 0.3) is 0 Å². The summed E-state index contributed by atoms with van der Waals surface area (Å²) in [6.45, 7) is 1.00. The molecule has 0 spiro atoms. The van der Waals surface area contributed by atoms with Crippen molar-refractivity contribution in [3.63, 3.8) is 0 Å². The summed E-state index contributed by atoms with van der Waals surface area (Å²) in [5, 5.41) is 9.64. The van der Waals surface area contributed by atoms with Crippen molar-refractivity contribution in [2.75, 3.05) is 20.2 Å². The third kappa shape index (κ3) is 4.34. The number of piperidine rings is 1. The average molecular weight is 371 g/mol. The highest BCUT2D eigenvalue weighted by molar-refractivity contribution is 5.98. The van der Waals surface area contributed by atoms with Crippen LogP contribution in [0.5, 0.6) is 5.75 Å². The molecule has 1 unspecified atom stereocenters. The molecule has 142 valence electrons. The molecule has 2 aromatic carbocycles. The van der Waals surface area contributed by atoms with Gasteiger partial charge in [-0.3, -0.25) is 14.5 Å². The van der Waals surface area contributed by atoms with Crippen LogP contribution >= 0.6 is 0 Å². The van der Waals surface area contributed by atoms with Crippen molar-refractivity contribution in [2.24, 2.45) is 5.92 Å². The van der Waals surface area contributed by atoms with Gasteiger partial charge in [-0.1, -0.05) is 12.1 Å². The number of carbonyl (C=O) groups excluding carboxylic acids is 1. The fourth-order valence-electron chi connectivity index (χ4n) is 3.57. The number of carboxylic acids is 1. The van der Waals surface area contributed by atoms with Crippen LogP contribution in [0.25, 0.3) is 0 Å². The molecule has 6 heteroatoms. The van der Waals surface area contributed by atoms with Crippen molar-refractivity contribution in [3.05, 3.63) is 65.5 Å². The van der Waals surface area contributed by atoms with E-state index in [0.717, 1.165) is 0 Å². The van der Waals surface area contributed by atoms with E-state index in [1.165, 1.54) is 24.3 Å². The normalized spacial score (nSPS) is 16.7. The van der Waals surface area contributed by atoms with Crippen LogP contribution < -0.4 is 4.74 Å². The van der Waals surface area contributed by atoms with E-state index >= 15 is 0 Å². The summed E-state index contributed by atoms with van der Waals surface area (Å²) in [5.41, 5.74) is 1.19. The molecule has 3 rings (SSSR count). The Morgan fingerprint density at radius 3 is 2.19 bits per heavy atom. The zero-order chi connectivity index (χ0) is 19.4.